The maximum absolute atomic E-state index is 12.1. The van der Waals surface area contributed by atoms with Crippen molar-refractivity contribution in [2.45, 2.75) is 4.90 Å². The molecule has 116 valence electrons. The third-order valence-electron chi connectivity index (χ3n) is 2.30. The van der Waals surface area contributed by atoms with Gasteiger partial charge in [-0.2, -0.15) is 11.8 Å². The van der Waals surface area contributed by atoms with E-state index in [-0.39, 0.29) is 27.0 Å². The number of rotatable bonds is 8. The van der Waals surface area contributed by atoms with Gasteiger partial charge in [-0.3, -0.25) is 0 Å². The minimum absolute atomic E-state index is 0.0155. The van der Waals surface area contributed by atoms with Crippen molar-refractivity contribution in [3.05, 3.63) is 40.4 Å². The quantitative estimate of drug-likeness (QED) is 0.543. The number of sulfonamides is 1. The molecule has 0 amide bonds. The molecule has 1 aromatic rings. The van der Waals surface area contributed by atoms with E-state index < -0.39 is 16.0 Å². The van der Waals surface area contributed by atoms with Gasteiger partial charge in [0, 0.05) is 23.1 Å². The fourth-order valence-corrected chi connectivity index (χ4v) is 4.05. The lowest BCUT2D eigenvalue weighted by molar-refractivity contribution is 0.0697. The van der Waals surface area contributed by atoms with Gasteiger partial charge in [-0.05, 0) is 12.1 Å². The third kappa shape index (κ3) is 5.19. The molecule has 21 heavy (non-hydrogen) atoms. The molecule has 0 aliphatic rings. The van der Waals surface area contributed by atoms with Gasteiger partial charge in [0.05, 0.1) is 10.6 Å². The van der Waals surface area contributed by atoms with Crippen molar-refractivity contribution < 1.29 is 18.3 Å². The minimum Gasteiger partial charge on any atom is -0.478 e. The Morgan fingerprint density at radius 2 is 2.10 bits per heavy atom. The van der Waals surface area contributed by atoms with Crippen LogP contribution in [0.1, 0.15) is 10.4 Å². The number of aromatic carboxylic acids is 1. The summed E-state index contributed by atoms with van der Waals surface area (Å²) in [6, 6.07) is 2.22. The Morgan fingerprint density at radius 3 is 2.67 bits per heavy atom. The highest BCUT2D eigenvalue weighted by molar-refractivity contribution is 7.99. The van der Waals surface area contributed by atoms with Crippen molar-refractivity contribution in [2.24, 2.45) is 0 Å². The van der Waals surface area contributed by atoms with Crippen LogP contribution < -0.4 is 4.72 Å². The van der Waals surface area contributed by atoms with Gasteiger partial charge in [0.25, 0.3) is 0 Å². The molecule has 9 heteroatoms. The molecular weight excluding hydrogens is 357 g/mol. The van der Waals surface area contributed by atoms with Crippen LogP contribution in [0, 0.1) is 0 Å². The molecule has 0 aliphatic heterocycles. The van der Waals surface area contributed by atoms with Gasteiger partial charge < -0.3 is 5.11 Å². The highest BCUT2D eigenvalue weighted by Crippen LogP contribution is 2.29. The molecule has 1 aromatic carbocycles. The topological polar surface area (TPSA) is 83.5 Å². The molecule has 0 saturated heterocycles. The van der Waals surface area contributed by atoms with Crippen LogP contribution in [0.3, 0.4) is 0 Å². The van der Waals surface area contributed by atoms with Crippen molar-refractivity contribution >= 4 is 51.0 Å². The summed E-state index contributed by atoms with van der Waals surface area (Å²) in [7, 11) is -3.93. The summed E-state index contributed by atoms with van der Waals surface area (Å²) in [5.41, 5.74) is -0.356. The first-order chi connectivity index (χ1) is 9.79. The van der Waals surface area contributed by atoms with E-state index in [1.807, 2.05) is 0 Å². The number of benzene rings is 1. The first-order valence-electron chi connectivity index (χ1n) is 5.70. The van der Waals surface area contributed by atoms with E-state index in [1.165, 1.54) is 11.8 Å². The van der Waals surface area contributed by atoms with Crippen LogP contribution in [0.25, 0.3) is 0 Å². The number of thioether (sulfide) groups is 1. The summed E-state index contributed by atoms with van der Waals surface area (Å²) in [6.45, 7) is 3.74. The highest BCUT2D eigenvalue weighted by Gasteiger charge is 2.23. The number of carboxylic acid groups (broad SMARTS) is 1. The Hall–Kier alpha value is -0.730. The van der Waals surface area contributed by atoms with E-state index in [0.29, 0.717) is 11.5 Å². The normalized spacial score (nSPS) is 11.3. The van der Waals surface area contributed by atoms with E-state index in [2.05, 4.69) is 11.3 Å². The lowest BCUT2D eigenvalue weighted by Crippen LogP contribution is -2.26. The van der Waals surface area contributed by atoms with Crippen LogP contribution >= 0.6 is 35.0 Å². The largest absolute Gasteiger partial charge is 0.478 e. The lowest BCUT2D eigenvalue weighted by Gasteiger charge is -2.10. The predicted octanol–water partition coefficient (Wildman–Crippen LogP) is 2.89. The first kappa shape index (κ1) is 18.3. The van der Waals surface area contributed by atoms with Gasteiger partial charge in [-0.15, -0.1) is 6.58 Å². The molecule has 0 radical (unpaired) electrons. The van der Waals surface area contributed by atoms with Crippen molar-refractivity contribution in [2.75, 3.05) is 18.1 Å². The highest BCUT2D eigenvalue weighted by atomic mass is 35.5. The Bertz CT molecular complexity index is 647. The second-order valence-corrected chi connectivity index (χ2v) is 7.53. The van der Waals surface area contributed by atoms with Crippen molar-refractivity contribution in [1.82, 2.24) is 4.72 Å². The number of hydrogen-bond acceptors (Lipinski definition) is 4. The van der Waals surface area contributed by atoms with Crippen LogP contribution in [-0.2, 0) is 10.0 Å². The minimum atomic E-state index is -3.93. The molecule has 0 aromatic heterocycles. The number of carboxylic acids is 1. The van der Waals surface area contributed by atoms with E-state index in [0.717, 1.165) is 12.1 Å². The average molecular weight is 370 g/mol. The second-order valence-electron chi connectivity index (χ2n) is 3.83. The summed E-state index contributed by atoms with van der Waals surface area (Å²) in [6.07, 6.45) is 1.71. The van der Waals surface area contributed by atoms with Crippen LogP contribution in [0.5, 0.6) is 0 Å². The van der Waals surface area contributed by atoms with Gasteiger partial charge >= 0.3 is 5.97 Å². The summed E-state index contributed by atoms with van der Waals surface area (Å²) in [4.78, 5) is 10.7. The Morgan fingerprint density at radius 1 is 1.43 bits per heavy atom. The summed E-state index contributed by atoms with van der Waals surface area (Å²) in [5.74, 6) is -0.0848. The Kier molecular flexibility index (Phi) is 7.02. The standard InChI is InChI=1S/C12H13Cl2NO4S2/c1-2-4-20-5-3-15-21(18,19)10-7-8(13)6-9(11(10)14)12(16)17/h2,6-7,15H,1,3-5H2,(H,16,17). The zero-order chi connectivity index (χ0) is 16.0. The molecule has 0 saturated carbocycles. The van der Waals surface area contributed by atoms with Gasteiger partial charge in [0.1, 0.15) is 4.90 Å². The summed E-state index contributed by atoms with van der Waals surface area (Å²) < 4.78 is 26.6. The SMILES string of the molecule is C=CCSCCNS(=O)(=O)c1cc(Cl)cc(C(=O)O)c1Cl. The lowest BCUT2D eigenvalue weighted by atomic mass is 10.2. The number of carbonyl (C=O) groups is 1. The molecule has 1 rings (SSSR count). The summed E-state index contributed by atoms with van der Waals surface area (Å²) >= 11 is 13.1. The maximum Gasteiger partial charge on any atom is 0.337 e. The fourth-order valence-electron chi connectivity index (χ4n) is 1.41. The molecule has 5 nitrogen and oxygen atoms in total. The van der Waals surface area contributed by atoms with Gasteiger partial charge in [-0.25, -0.2) is 17.9 Å². The zero-order valence-corrected chi connectivity index (χ0v) is 13.9. The van der Waals surface area contributed by atoms with Gasteiger partial charge in [0.2, 0.25) is 10.0 Å². The molecule has 0 aliphatic carbocycles. The Balaban J connectivity index is 2.98. The average Bonchev–Trinajstić information content (AvgIpc) is 2.40. The molecular formula is C12H13Cl2NO4S2. The predicted molar refractivity (Wildman–Crippen MR) is 86.1 cm³/mol. The second kappa shape index (κ2) is 8.05. The number of halogens is 2. The van der Waals surface area contributed by atoms with Crippen molar-refractivity contribution in [1.29, 1.82) is 0 Å². The van der Waals surface area contributed by atoms with Crippen molar-refractivity contribution in [3.8, 4) is 0 Å². The van der Waals surface area contributed by atoms with E-state index in [1.54, 1.807) is 6.08 Å². The molecule has 0 heterocycles. The number of hydrogen-bond donors (Lipinski definition) is 2. The smallest absolute Gasteiger partial charge is 0.337 e. The molecule has 0 unspecified atom stereocenters. The summed E-state index contributed by atoms with van der Waals surface area (Å²) in [5, 5.41) is 8.60. The van der Waals surface area contributed by atoms with Crippen molar-refractivity contribution in [3.63, 3.8) is 0 Å². The fraction of sp³-hybridized carbons (Fsp3) is 0.250. The first-order valence-corrected chi connectivity index (χ1v) is 9.09. The van der Waals surface area contributed by atoms with Crippen LogP contribution in [-0.4, -0.2) is 37.5 Å². The maximum atomic E-state index is 12.1. The van der Waals surface area contributed by atoms with E-state index in [9.17, 15) is 13.2 Å². The molecule has 0 bridgehead atoms. The van der Waals surface area contributed by atoms with Crippen LogP contribution in [0.15, 0.2) is 29.7 Å². The molecule has 0 fully saturated rings. The van der Waals surface area contributed by atoms with E-state index in [4.69, 9.17) is 28.3 Å². The van der Waals surface area contributed by atoms with Crippen LogP contribution in [0.4, 0.5) is 0 Å². The van der Waals surface area contributed by atoms with Gasteiger partial charge in [0.15, 0.2) is 0 Å². The van der Waals surface area contributed by atoms with E-state index >= 15 is 0 Å². The zero-order valence-electron chi connectivity index (χ0n) is 10.8. The molecule has 0 atom stereocenters. The number of nitrogens with one attached hydrogen (secondary N) is 1. The molecule has 0 spiro atoms. The Labute approximate surface area is 137 Å². The van der Waals surface area contributed by atoms with Crippen LogP contribution in [0.2, 0.25) is 10.0 Å². The van der Waals surface area contributed by atoms with Gasteiger partial charge in [-0.1, -0.05) is 29.3 Å². The monoisotopic (exact) mass is 369 g/mol. The molecule has 2 N–H and O–H groups in total. The third-order valence-corrected chi connectivity index (χ3v) is 5.48.